The summed E-state index contributed by atoms with van der Waals surface area (Å²) in [7, 11) is 0. The van der Waals surface area contributed by atoms with Gasteiger partial charge in [0.25, 0.3) is 0 Å². The molecule has 1 unspecified atom stereocenters. The Kier molecular flexibility index (Phi) is 4.30. The van der Waals surface area contributed by atoms with Crippen LogP contribution in [0.15, 0.2) is 36.7 Å². The zero-order chi connectivity index (χ0) is 13.7. The van der Waals surface area contributed by atoms with Gasteiger partial charge in [0, 0.05) is 0 Å². The summed E-state index contributed by atoms with van der Waals surface area (Å²) < 4.78 is 5.81. The minimum absolute atomic E-state index is 0.422. The Morgan fingerprint density at radius 3 is 2.84 bits per heavy atom. The number of ether oxygens (including phenoxy) is 1. The summed E-state index contributed by atoms with van der Waals surface area (Å²) in [4.78, 5) is 8.21. The predicted octanol–water partition coefficient (Wildman–Crippen LogP) is 3.07. The molecule has 0 aliphatic carbocycles. The molecule has 5 heteroatoms. The molecule has 0 saturated heterocycles. The van der Waals surface area contributed by atoms with Crippen LogP contribution in [0, 0.1) is 0 Å². The van der Waals surface area contributed by atoms with Gasteiger partial charge in [0.05, 0.1) is 12.4 Å². The Morgan fingerprint density at radius 1 is 1.32 bits per heavy atom. The van der Waals surface area contributed by atoms with Crippen LogP contribution >= 0.6 is 0 Å². The van der Waals surface area contributed by atoms with Crippen molar-refractivity contribution in [3.63, 3.8) is 0 Å². The number of nitrogens with one attached hydrogen (secondary N) is 1. The molecule has 1 aromatic carbocycles. The van der Waals surface area contributed by atoms with Gasteiger partial charge in [-0.1, -0.05) is 32.0 Å². The molecule has 2 rings (SSSR count). The zero-order valence-electron chi connectivity index (χ0n) is 11.1. The Morgan fingerprint density at radius 2 is 2.11 bits per heavy atom. The van der Waals surface area contributed by atoms with Gasteiger partial charge in [0.15, 0.2) is 5.82 Å². The monoisotopic (exact) mass is 258 g/mol. The van der Waals surface area contributed by atoms with Crippen LogP contribution in [0.2, 0.25) is 0 Å². The van der Waals surface area contributed by atoms with E-state index in [1.165, 1.54) is 6.20 Å². The van der Waals surface area contributed by atoms with Crippen LogP contribution in [0.25, 0.3) is 0 Å². The van der Waals surface area contributed by atoms with E-state index in [-0.39, 0.29) is 0 Å². The van der Waals surface area contributed by atoms with Crippen molar-refractivity contribution < 1.29 is 4.74 Å². The molecular weight excluding hydrogens is 240 g/mol. The van der Waals surface area contributed by atoms with Gasteiger partial charge >= 0.3 is 0 Å². The van der Waals surface area contributed by atoms with E-state index in [9.17, 15) is 0 Å². The third kappa shape index (κ3) is 3.20. The molecule has 1 heterocycles. The maximum Gasteiger partial charge on any atom is 0.239 e. The van der Waals surface area contributed by atoms with E-state index in [4.69, 9.17) is 10.6 Å². The lowest BCUT2D eigenvalue weighted by molar-refractivity contribution is 0.450. The van der Waals surface area contributed by atoms with Crippen LogP contribution in [-0.4, -0.2) is 9.97 Å². The van der Waals surface area contributed by atoms with Gasteiger partial charge in [-0.05, 0) is 24.0 Å². The number of aromatic nitrogens is 2. The van der Waals surface area contributed by atoms with Crippen molar-refractivity contribution in [3.8, 4) is 11.6 Å². The highest BCUT2D eigenvalue weighted by Gasteiger charge is 2.11. The van der Waals surface area contributed by atoms with Crippen LogP contribution in [0.1, 0.15) is 31.7 Å². The third-order valence-electron chi connectivity index (χ3n) is 3.04. The largest absolute Gasteiger partial charge is 0.437 e. The Labute approximate surface area is 112 Å². The number of rotatable bonds is 5. The van der Waals surface area contributed by atoms with Crippen LogP contribution in [0.4, 0.5) is 5.82 Å². The first-order chi connectivity index (χ1) is 9.24. The second-order valence-corrected chi connectivity index (χ2v) is 4.34. The summed E-state index contributed by atoms with van der Waals surface area (Å²) in [6.07, 6.45) is 4.15. The highest BCUT2D eigenvalue weighted by molar-refractivity contribution is 5.39. The first-order valence-corrected chi connectivity index (χ1v) is 6.30. The average molecular weight is 258 g/mol. The number of hydrogen-bond acceptors (Lipinski definition) is 5. The fourth-order valence-electron chi connectivity index (χ4n) is 1.78. The summed E-state index contributed by atoms with van der Waals surface area (Å²) in [6, 6.07) is 7.96. The molecule has 0 aliphatic rings. The molecule has 19 heavy (non-hydrogen) atoms. The highest BCUT2D eigenvalue weighted by atomic mass is 16.5. The lowest BCUT2D eigenvalue weighted by atomic mass is 9.98. The second kappa shape index (κ2) is 6.15. The number of benzene rings is 1. The van der Waals surface area contributed by atoms with E-state index in [1.807, 2.05) is 18.2 Å². The Bertz CT molecular complexity index is 544. The van der Waals surface area contributed by atoms with E-state index in [1.54, 1.807) is 6.20 Å². The summed E-state index contributed by atoms with van der Waals surface area (Å²) >= 11 is 0. The topological polar surface area (TPSA) is 73.1 Å². The lowest BCUT2D eigenvalue weighted by Crippen LogP contribution is -2.09. The van der Waals surface area contributed by atoms with Gasteiger partial charge in [-0.25, -0.2) is 5.84 Å². The van der Waals surface area contributed by atoms with Crippen molar-refractivity contribution in [3.05, 3.63) is 42.2 Å². The summed E-state index contributed by atoms with van der Waals surface area (Å²) in [5.41, 5.74) is 3.61. The van der Waals surface area contributed by atoms with Gasteiger partial charge in [0.1, 0.15) is 5.75 Å². The van der Waals surface area contributed by atoms with Crippen LogP contribution in [-0.2, 0) is 0 Å². The van der Waals surface area contributed by atoms with E-state index in [0.717, 1.165) is 17.7 Å². The Hall–Kier alpha value is -2.14. The van der Waals surface area contributed by atoms with Gasteiger partial charge in [-0.15, -0.1) is 0 Å². The third-order valence-corrected chi connectivity index (χ3v) is 3.04. The predicted molar refractivity (Wildman–Crippen MR) is 75.1 cm³/mol. The van der Waals surface area contributed by atoms with Crippen molar-refractivity contribution >= 4 is 5.82 Å². The quantitative estimate of drug-likeness (QED) is 0.637. The molecule has 0 amide bonds. The maximum absolute atomic E-state index is 5.81. The minimum Gasteiger partial charge on any atom is -0.437 e. The number of nitrogens with two attached hydrogens (primary N) is 1. The highest BCUT2D eigenvalue weighted by Crippen LogP contribution is 2.31. The molecule has 0 aliphatic heterocycles. The van der Waals surface area contributed by atoms with E-state index < -0.39 is 0 Å². The molecule has 0 bridgehead atoms. The molecular formula is C14H18N4O. The minimum atomic E-state index is 0.422. The van der Waals surface area contributed by atoms with Crippen LogP contribution < -0.4 is 16.0 Å². The molecule has 5 nitrogen and oxygen atoms in total. The van der Waals surface area contributed by atoms with E-state index in [2.05, 4.69) is 35.3 Å². The van der Waals surface area contributed by atoms with Crippen molar-refractivity contribution in [2.75, 3.05) is 5.43 Å². The molecule has 0 radical (unpaired) electrons. The number of hydrogen-bond donors (Lipinski definition) is 2. The molecule has 1 aromatic heterocycles. The number of para-hydroxylation sites is 1. The van der Waals surface area contributed by atoms with E-state index >= 15 is 0 Å². The summed E-state index contributed by atoms with van der Waals surface area (Å²) in [5, 5.41) is 0. The first-order valence-electron chi connectivity index (χ1n) is 6.30. The standard InChI is InChI=1S/C14H18N4O/c1-3-10(2)11-6-4-5-7-12(11)19-14-9-16-8-13(17-14)18-15/h4-10H,3,15H2,1-2H3,(H,17,18). The smallest absolute Gasteiger partial charge is 0.239 e. The van der Waals surface area contributed by atoms with Gasteiger partial charge in [-0.3, -0.25) is 4.98 Å². The lowest BCUT2D eigenvalue weighted by Gasteiger charge is -2.14. The van der Waals surface area contributed by atoms with Crippen molar-refractivity contribution in [2.45, 2.75) is 26.2 Å². The average Bonchev–Trinajstić information content (AvgIpc) is 2.47. The van der Waals surface area contributed by atoms with Gasteiger partial charge in [-0.2, -0.15) is 4.98 Å². The Balaban J connectivity index is 2.27. The zero-order valence-corrected chi connectivity index (χ0v) is 11.1. The van der Waals surface area contributed by atoms with E-state index in [0.29, 0.717) is 17.6 Å². The molecule has 1 atom stereocenters. The van der Waals surface area contributed by atoms with Gasteiger partial charge < -0.3 is 10.2 Å². The molecule has 0 fully saturated rings. The van der Waals surface area contributed by atoms with Crippen LogP contribution in [0.5, 0.6) is 11.6 Å². The summed E-state index contributed by atoms with van der Waals surface area (Å²) in [6.45, 7) is 4.33. The summed E-state index contributed by atoms with van der Waals surface area (Å²) in [5.74, 6) is 7.43. The fourth-order valence-corrected chi connectivity index (χ4v) is 1.78. The molecule has 2 aromatic rings. The normalized spacial score (nSPS) is 11.9. The van der Waals surface area contributed by atoms with Crippen molar-refractivity contribution in [1.29, 1.82) is 0 Å². The van der Waals surface area contributed by atoms with Gasteiger partial charge in [0.2, 0.25) is 5.88 Å². The number of anilines is 1. The fraction of sp³-hybridized carbons (Fsp3) is 0.286. The maximum atomic E-state index is 5.81. The molecule has 3 N–H and O–H groups in total. The SMILES string of the molecule is CCC(C)c1ccccc1Oc1cncc(NN)n1. The first kappa shape index (κ1) is 13.3. The number of hydrazine groups is 1. The molecule has 0 saturated carbocycles. The second-order valence-electron chi connectivity index (χ2n) is 4.34. The molecule has 100 valence electrons. The number of nitrogens with zero attached hydrogens (tertiary/aromatic N) is 2. The molecule has 0 spiro atoms. The van der Waals surface area contributed by atoms with Crippen molar-refractivity contribution in [1.82, 2.24) is 9.97 Å². The van der Waals surface area contributed by atoms with Crippen LogP contribution in [0.3, 0.4) is 0 Å². The van der Waals surface area contributed by atoms with Crippen molar-refractivity contribution in [2.24, 2.45) is 5.84 Å². The number of nitrogen functional groups attached to an aromatic ring is 1.